The number of amidine groups is 1. The zero-order valence-corrected chi connectivity index (χ0v) is 14.5. The van der Waals surface area contributed by atoms with E-state index >= 15 is 0 Å². The number of carbonyl (C=O) groups excluding carboxylic acids is 1. The fourth-order valence-electron chi connectivity index (χ4n) is 3.73. The van der Waals surface area contributed by atoms with Gasteiger partial charge >= 0.3 is 5.97 Å². The number of rotatable bonds is 3. The van der Waals surface area contributed by atoms with Crippen molar-refractivity contribution in [2.45, 2.75) is 18.9 Å². The minimum Gasteiger partial charge on any atom is -0.465 e. The first-order valence-electron chi connectivity index (χ1n) is 8.52. The summed E-state index contributed by atoms with van der Waals surface area (Å²) in [5.41, 5.74) is 4.78. The second-order valence-electron chi connectivity index (χ2n) is 6.41. The maximum absolute atomic E-state index is 12.1. The molecule has 2 aromatic carbocycles. The van der Waals surface area contributed by atoms with Crippen molar-refractivity contribution in [3.8, 4) is 0 Å². The van der Waals surface area contributed by atoms with Crippen molar-refractivity contribution >= 4 is 23.2 Å². The van der Waals surface area contributed by atoms with Gasteiger partial charge in [-0.3, -0.25) is 0 Å². The number of aliphatic imine (C=N–C) groups is 1. The molecule has 25 heavy (non-hydrogen) atoms. The second-order valence-corrected chi connectivity index (χ2v) is 6.41. The molecule has 2 heterocycles. The molecule has 4 rings (SSSR count). The smallest absolute Gasteiger partial charge is 0.339 e. The lowest BCUT2D eigenvalue weighted by molar-refractivity contribution is 0.0601. The molecule has 1 saturated heterocycles. The van der Waals surface area contributed by atoms with Gasteiger partial charge in [0.25, 0.3) is 0 Å². The van der Waals surface area contributed by atoms with Gasteiger partial charge in [0, 0.05) is 31.7 Å². The fourth-order valence-corrected chi connectivity index (χ4v) is 3.73. The number of esters is 1. The van der Waals surface area contributed by atoms with Crippen molar-refractivity contribution in [1.82, 2.24) is 4.90 Å². The lowest BCUT2D eigenvalue weighted by Gasteiger charge is -2.26. The third-order valence-electron chi connectivity index (χ3n) is 5.03. The van der Waals surface area contributed by atoms with Crippen LogP contribution in [0.4, 0.5) is 11.4 Å². The molecular weight excluding hydrogens is 314 g/mol. The van der Waals surface area contributed by atoms with Gasteiger partial charge in [-0.25, -0.2) is 9.79 Å². The van der Waals surface area contributed by atoms with E-state index in [0.717, 1.165) is 42.3 Å². The highest BCUT2D eigenvalue weighted by Crippen LogP contribution is 2.38. The Bertz CT molecular complexity index is 860. The molecule has 1 fully saturated rings. The number of anilines is 1. The first-order valence-corrected chi connectivity index (χ1v) is 8.52. The summed E-state index contributed by atoms with van der Waals surface area (Å²) in [6.45, 7) is 1.89. The van der Waals surface area contributed by atoms with E-state index in [1.165, 1.54) is 12.7 Å². The van der Waals surface area contributed by atoms with E-state index in [2.05, 4.69) is 34.5 Å². The number of hydrogen-bond acceptors (Lipinski definition) is 5. The molecule has 2 aliphatic heterocycles. The number of benzene rings is 2. The van der Waals surface area contributed by atoms with Crippen LogP contribution in [-0.2, 0) is 11.3 Å². The van der Waals surface area contributed by atoms with Gasteiger partial charge in [0.05, 0.1) is 18.4 Å². The lowest BCUT2D eigenvalue weighted by Crippen LogP contribution is -2.29. The van der Waals surface area contributed by atoms with Gasteiger partial charge in [0.15, 0.2) is 0 Å². The van der Waals surface area contributed by atoms with Crippen LogP contribution in [0, 0.1) is 0 Å². The molecule has 0 bridgehead atoms. The quantitative estimate of drug-likeness (QED) is 0.872. The fraction of sp³-hybridized carbons (Fsp3) is 0.300. The van der Waals surface area contributed by atoms with Gasteiger partial charge < -0.3 is 15.0 Å². The van der Waals surface area contributed by atoms with Crippen LogP contribution >= 0.6 is 0 Å². The van der Waals surface area contributed by atoms with Gasteiger partial charge in [0.1, 0.15) is 5.84 Å². The molecule has 0 aliphatic carbocycles. The first-order chi connectivity index (χ1) is 12.2. The Balaban J connectivity index is 1.73. The van der Waals surface area contributed by atoms with Crippen LogP contribution in [0.15, 0.2) is 47.5 Å². The van der Waals surface area contributed by atoms with Crippen molar-refractivity contribution < 1.29 is 9.53 Å². The molecule has 5 heteroatoms. The number of para-hydroxylation sites is 1. The number of ether oxygens (including phenoxy) is 1. The largest absolute Gasteiger partial charge is 0.465 e. The van der Waals surface area contributed by atoms with Gasteiger partial charge in [-0.2, -0.15) is 0 Å². The number of fused-ring (bicyclic) bond motifs is 2. The highest BCUT2D eigenvalue weighted by Gasteiger charge is 2.34. The molecule has 5 nitrogen and oxygen atoms in total. The molecule has 0 aromatic heterocycles. The minimum absolute atomic E-state index is 0.211. The molecular formula is C20H21N3O2. The monoisotopic (exact) mass is 335 g/mol. The Kier molecular flexibility index (Phi) is 3.92. The highest BCUT2D eigenvalue weighted by molar-refractivity contribution is 5.98. The Morgan fingerprint density at radius 2 is 2.12 bits per heavy atom. The van der Waals surface area contributed by atoms with E-state index in [1.54, 1.807) is 7.05 Å². The maximum Gasteiger partial charge on any atom is 0.339 e. The van der Waals surface area contributed by atoms with Crippen molar-refractivity contribution in [1.29, 1.82) is 0 Å². The van der Waals surface area contributed by atoms with Crippen LogP contribution in [0.3, 0.4) is 0 Å². The minimum atomic E-state index is -0.322. The molecule has 1 N–H and O–H groups in total. The molecule has 2 aromatic rings. The van der Waals surface area contributed by atoms with Crippen molar-refractivity contribution in [3.63, 3.8) is 0 Å². The Labute approximate surface area is 147 Å². The molecule has 1 unspecified atom stereocenters. The number of carbonyl (C=O) groups is 1. The van der Waals surface area contributed by atoms with Crippen LogP contribution in [0.2, 0.25) is 0 Å². The van der Waals surface area contributed by atoms with Crippen LogP contribution < -0.4 is 5.32 Å². The van der Waals surface area contributed by atoms with Crippen LogP contribution in [0.5, 0.6) is 0 Å². The number of hydrogen-bond donors (Lipinski definition) is 1. The van der Waals surface area contributed by atoms with Gasteiger partial charge in [-0.1, -0.05) is 24.3 Å². The van der Waals surface area contributed by atoms with Crippen LogP contribution in [-0.4, -0.2) is 37.4 Å². The zero-order chi connectivity index (χ0) is 17.4. The first kappa shape index (κ1) is 15.7. The lowest BCUT2D eigenvalue weighted by atomic mass is 9.94. The van der Waals surface area contributed by atoms with Crippen molar-refractivity contribution in [3.05, 3.63) is 59.2 Å². The Hall–Kier alpha value is -2.82. The molecule has 1 atom stereocenters. The molecule has 0 spiro atoms. The van der Waals surface area contributed by atoms with Gasteiger partial charge in [0.2, 0.25) is 0 Å². The summed E-state index contributed by atoms with van der Waals surface area (Å²) < 4.78 is 4.93. The number of methoxy groups -OCH3 is 1. The third kappa shape index (κ3) is 2.65. The summed E-state index contributed by atoms with van der Waals surface area (Å²) in [4.78, 5) is 19.4. The predicted molar refractivity (Wildman–Crippen MR) is 98.6 cm³/mol. The highest BCUT2D eigenvalue weighted by atomic mass is 16.5. The second kappa shape index (κ2) is 6.24. The number of nitrogens with one attached hydrogen (secondary N) is 1. The van der Waals surface area contributed by atoms with Crippen LogP contribution in [0.25, 0.3) is 0 Å². The summed E-state index contributed by atoms with van der Waals surface area (Å²) in [6, 6.07) is 14.3. The number of nitrogens with zero attached hydrogens (tertiary/aromatic N) is 2. The SMILES string of the molecule is CNc1ccc(C2CCN3Cc4ccccc4N=C23)cc1C(=O)OC. The zero-order valence-electron chi connectivity index (χ0n) is 14.5. The van der Waals surface area contributed by atoms with Gasteiger partial charge in [-0.05, 0) is 35.7 Å². The molecule has 2 aliphatic rings. The van der Waals surface area contributed by atoms with E-state index in [0.29, 0.717) is 5.56 Å². The van der Waals surface area contributed by atoms with E-state index in [9.17, 15) is 4.79 Å². The van der Waals surface area contributed by atoms with E-state index in [1.807, 2.05) is 18.2 Å². The van der Waals surface area contributed by atoms with E-state index in [-0.39, 0.29) is 11.9 Å². The predicted octanol–water partition coefficient (Wildman–Crippen LogP) is 3.55. The summed E-state index contributed by atoms with van der Waals surface area (Å²) in [5.74, 6) is 0.992. The van der Waals surface area contributed by atoms with E-state index < -0.39 is 0 Å². The molecule has 0 amide bonds. The topological polar surface area (TPSA) is 53.9 Å². The summed E-state index contributed by atoms with van der Waals surface area (Å²) in [6.07, 6.45) is 1.01. The van der Waals surface area contributed by atoms with Crippen molar-refractivity contribution in [2.75, 3.05) is 26.0 Å². The van der Waals surface area contributed by atoms with Crippen molar-refractivity contribution in [2.24, 2.45) is 4.99 Å². The standard InChI is InChI=1S/C20H21N3O2/c1-21-18-8-7-13(11-16(18)20(24)25-2)15-9-10-23-12-14-5-3-4-6-17(14)22-19(15)23/h3-8,11,15,21H,9-10,12H2,1-2H3. The Morgan fingerprint density at radius 1 is 1.28 bits per heavy atom. The third-order valence-corrected chi connectivity index (χ3v) is 5.03. The summed E-state index contributed by atoms with van der Waals surface area (Å²) in [5, 5.41) is 3.06. The Morgan fingerprint density at radius 3 is 2.92 bits per heavy atom. The average Bonchev–Trinajstić information content (AvgIpc) is 3.07. The molecule has 128 valence electrons. The average molecular weight is 335 g/mol. The van der Waals surface area contributed by atoms with Gasteiger partial charge in [-0.15, -0.1) is 0 Å². The van der Waals surface area contributed by atoms with Crippen LogP contribution in [0.1, 0.15) is 33.8 Å². The summed E-state index contributed by atoms with van der Waals surface area (Å²) in [7, 11) is 3.22. The normalized spacial score (nSPS) is 18.2. The van der Waals surface area contributed by atoms with E-state index in [4.69, 9.17) is 9.73 Å². The maximum atomic E-state index is 12.1. The molecule has 0 saturated carbocycles. The molecule has 0 radical (unpaired) electrons. The summed E-state index contributed by atoms with van der Waals surface area (Å²) >= 11 is 0.